The van der Waals surface area contributed by atoms with Gasteiger partial charge in [0.2, 0.25) is 0 Å². The predicted molar refractivity (Wildman–Crippen MR) is 79.1 cm³/mol. The lowest BCUT2D eigenvalue weighted by Crippen LogP contribution is -2.03. The second-order valence-corrected chi connectivity index (χ2v) is 4.76. The van der Waals surface area contributed by atoms with E-state index in [0.717, 1.165) is 22.0 Å². The summed E-state index contributed by atoms with van der Waals surface area (Å²) in [4.78, 5) is 0. The van der Waals surface area contributed by atoms with Crippen LogP contribution in [0.2, 0.25) is 0 Å². The molecule has 0 spiro atoms. The molecule has 0 unspecified atom stereocenters. The zero-order valence-electron chi connectivity index (χ0n) is 11.2. The summed E-state index contributed by atoms with van der Waals surface area (Å²) >= 11 is 0. The molecule has 0 fully saturated rings. The molecule has 0 bridgehead atoms. The first kappa shape index (κ1) is 12.9. The van der Waals surface area contributed by atoms with E-state index in [-0.39, 0.29) is 6.61 Å². The third kappa shape index (κ3) is 2.59. The highest BCUT2D eigenvalue weighted by molar-refractivity contribution is 5.83. The van der Waals surface area contributed by atoms with Gasteiger partial charge in [-0.3, -0.25) is 0 Å². The van der Waals surface area contributed by atoms with E-state index in [2.05, 4.69) is 0 Å². The van der Waals surface area contributed by atoms with Crippen molar-refractivity contribution < 1.29 is 9.84 Å². The Morgan fingerprint density at radius 1 is 0.950 bits per heavy atom. The van der Waals surface area contributed by atoms with E-state index in [1.54, 1.807) is 0 Å². The summed E-state index contributed by atoms with van der Waals surface area (Å²) in [5.41, 5.74) is 3.13. The molecular weight excluding hydrogens is 250 g/mol. The van der Waals surface area contributed by atoms with Crippen LogP contribution in [0.4, 0.5) is 0 Å². The molecule has 0 aliphatic heterocycles. The van der Waals surface area contributed by atoms with Crippen LogP contribution < -0.4 is 0 Å². The fraction of sp³-hybridized carbons (Fsp3) is 0.176. The molecule has 1 N–H and O–H groups in total. The zero-order valence-corrected chi connectivity index (χ0v) is 11.2. The van der Waals surface area contributed by atoms with Crippen molar-refractivity contribution in [2.75, 3.05) is 0 Å². The fourth-order valence-corrected chi connectivity index (χ4v) is 2.41. The van der Waals surface area contributed by atoms with Crippen LogP contribution in [0.1, 0.15) is 11.1 Å². The summed E-state index contributed by atoms with van der Waals surface area (Å²) in [6.45, 7) is 1.11. The molecular formula is C17H17NO2. The maximum Gasteiger partial charge on any atom is 0.123 e. The molecule has 0 saturated carbocycles. The van der Waals surface area contributed by atoms with Gasteiger partial charge in [0.25, 0.3) is 0 Å². The van der Waals surface area contributed by atoms with Gasteiger partial charge in [0.15, 0.2) is 0 Å². The van der Waals surface area contributed by atoms with Gasteiger partial charge in [-0.05, 0) is 11.6 Å². The van der Waals surface area contributed by atoms with Crippen molar-refractivity contribution in [3.05, 3.63) is 71.9 Å². The molecule has 3 rings (SSSR count). The van der Waals surface area contributed by atoms with Crippen LogP contribution in [0.25, 0.3) is 10.9 Å². The van der Waals surface area contributed by atoms with Crippen LogP contribution >= 0.6 is 0 Å². The van der Waals surface area contributed by atoms with Gasteiger partial charge in [-0.25, -0.2) is 0 Å². The van der Waals surface area contributed by atoms with E-state index in [1.807, 2.05) is 65.4 Å². The van der Waals surface area contributed by atoms with Gasteiger partial charge in [0, 0.05) is 17.1 Å². The smallest absolute Gasteiger partial charge is 0.123 e. The number of hydrogen-bond acceptors (Lipinski definition) is 2. The van der Waals surface area contributed by atoms with Crippen LogP contribution in [0, 0.1) is 0 Å². The Bertz CT molecular complexity index is 689. The lowest BCUT2D eigenvalue weighted by atomic mass is 10.1. The first-order valence-corrected chi connectivity index (χ1v) is 6.68. The highest BCUT2D eigenvalue weighted by Gasteiger charge is 2.05. The first-order valence-electron chi connectivity index (χ1n) is 6.68. The maximum absolute atomic E-state index is 9.43. The normalized spacial score (nSPS) is 11.1. The molecule has 0 saturated heterocycles. The zero-order chi connectivity index (χ0) is 13.8. The SMILES string of the molecule is OCc1cccc2ccn(COCc3ccccc3)c12. The van der Waals surface area contributed by atoms with E-state index < -0.39 is 0 Å². The molecule has 0 aliphatic rings. The number of aliphatic hydroxyl groups is 1. The highest BCUT2D eigenvalue weighted by atomic mass is 16.5. The third-order valence-corrected chi connectivity index (χ3v) is 3.38. The van der Waals surface area contributed by atoms with Gasteiger partial charge >= 0.3 is 0 Å². The molecule has 0 radical (unpaired) electrons. The quantitative estimate of drug-likeness (QED) is 0.769. The van der Waals surface area contributed by atoms with Gasteiger partial charge in [-0.15, -0.1) is 0 Å². The highest BCUT2D eigenvalue weighted by Crippen LogP contribution is 2.20. The largest absolute Gasteiger partial charge is 0.392 e. The van der Waals surface area contributed by atoms with Crippen LogP contribution in [0.5, 0.6) is 0 Å². The molecule has 1 aromatic heterocycles. The summed E-state index contributed by atoms with van der Waals surface area (Å²) < 4.78 is 7.78. The Balaban J connectivity index is 1.75. The molecule has 3 heteroatoms. The number of hydrogen-bond donors (Lipinski definition) is 1. The molecule has 3 aromatic rings. The second-order valence-electron chi connectivity index (χ2n) is 4.76. The van der Waals surface area contributed by atoms with E-state index in [9.17, 15) is 5.11 Å². The van der Waals surface area contributed by atoms with Crippen molar-refractivity contribution in [3.63, 3.8) is 0 Å². The molecule has 0 amide bonds. The number of rotatable bonds is 5. The molecule has 3 nitrogen and oxygen atoms in total. The average Bonchev–Trinajstić information content (AvgIpc) is 2.92. The Kier molecular flexibility index (Phi) is 3.81. The van der Waals surface area contributed by atoms with Gasteiger partial charge in [-0.2, -0.15) is 0 Å². The average molecular weight is 267 g/mol. The Morgan fingerprint density at radius 2 is 1.80 bits per heavy atom. The van der Waals surface area contributed by atoms with Crippen LogP contribution in [-0.2, 0) is 24.7 Å². The van der Waals surface area contributed by atoms with Crippen LogP contribution in [0.3, 0.4) is 0 Å². The summed E-state index contributed by atoms with van der Waals surface area (Å²) in [6.07, 6.45) is 1.99. The third-order valence-electron chi connectivity index (χ3n) is 3.38. The summed E-state index contributed by atoms with van der Waals surface area (Å²) in [5.74, 6) is 0. The van der Waals surface area contributed by atoms with Crippen molar-refractivity contribution in [3.8, 4) is 0 Å². The van der Waals surface area contributed by atoms with Gasteiger partial charge in [0.05, 0.1) is 18.7 Å². The summed E-state index contributed by atoms with van der Waals surface area (Å²) in [6, 6.07) is 18.1. The molecule has 0 atom stereocenters. The van der Waals surface area contributed by atoms with Crippen LogP contribution in [0.15, 0.2) is 60.8 Å². The number of nitrogens with zero attached hydrogens (tertiary/aromatic N) is 1. The number of benzene rings is 2. The van der Waals surface area contributed by atoms with E-state index in [1.165, 1.54) is 0 Å². The molecule has 20 heavy (non-hydrogen) atoms. The molecule has 1 heterocycles. The number of para-hydroxylation sites is 1. The van der Waals surface area contributed by atoms with Crippen molar-refractivity contribution >= 4 is 10.9 Å². The van der Waals surface area contributed by atoms with Gasteiger partial charge in [-0.1, -0.05) is 48.5 Å². The Morgan fingerprint density at radius 3 is 2.60 bits per heavy atom. The first-order chi connectivity index (χ1) is 9.88. The number of ether oxygens (including phenoxy) is 1. The minimum Gasteiger partial charge on any atom is -0.392 e. The van der Waals surface area contributed by atoms with E-state index in [4.69, 9.17) is 4.74 Å². The van der Waals surface area contributed by atoms with Crippen molar-refractivity contribution in [2.24, 2.45) is 0 Å². The van der Waals surface area contributed by atoms with Crippen molar-refractivity contribution in [1.82, 2.24) is 4.57 Å². The Labute approximate surface area is 118 Å². The number of aliphatic hydroxyl groups excluding tert-OH is 1. The standard InChI is InChI=1S/C17H17NO2/c19-11-16-8-4-7-15-9-10-18(17(15)16)13-20-12-14-5-2-1-3-6-14/h1-10,19H,11-13H2. The van der Waals surface area contributed by atoms with Crippen molar-refractivity contribution in [2.45, 2.75) is 19.9 Å². The van der Waals surface area contributed by atoms with Gasteiger partial charge < -0.3 is 14.4 Å². The molecule has 0 aliphatic carbocycles. The minimum atomic E-state index is 0.0417. The predicted octanol–water partition coefficient (Wildman–Crippen LogP) is 3.31. The monoisotopic (exact) mass is 267 g/mol. The summed E-state index contributed by atoms with van der Waals surface area (Å²) in [7, 11) is 0. The van der Waals surface area contributed by atoms with Crippen LogP contribution in [-0.4, -0.2) is 9.67 Å². The molecule has 2 aromatic carbocycles. The lowest BCUT2D eigenvalue weighted by molar-refractivity contribution is 0.0666. The van der Waals surface area contributed by atoms with E-state index in [0.29, 0.717) is 13.3 Å². The topological polar surface area (TPSA) is 34.4 Å². The summed E-state index contributed by atoms with van der Waals surface area (Å²) in [5, 5.41) is 10.6. The minimum absolute atomic E-state index is 0.0417. The fourth-order valence-electron chi connectivity index (χ4n) is 2.41. The van der Waals surface area contributed by atoms with E-state index >= 15 is 0 Å². The van der Waals surface area contributed by atoms with Crippen molar-refractivity contribution in [1.29, 1.82) is 0 Å². The molecule has 102 valence electrons. The second kappa shape index (κ2) is 5.90. The number of fused-ring (bicyclic) bond motifs is 1. The lowest BCUT2D eigenvalue weighted by Gasteiger charge is -2.09. The number of aromatic nitrogens is 1. The maximum atomic E-state index is 9.43. The Hall–Kier alpha value is -2.10. The van der Waals surface area contributed by atoms with Gasteiger partial charge in [0.1, 0.15) is 6.73 Å².